The molecule has 92 valence electrons. The summed E-state index contributed by atoms with van der Waals surface area (Å²) in [6.07, 6.45) is 1.18. The predicted octanol–water partition coefficient (Wildman–Crippen LogP) is 2.78. The Labute approximate surface area is 104 Å². The lowest BCUT2D eigenvalue weighted by atomic mass is 9.93. The molecule has 0 aromatic heterocycles. The molecule has 0 aliphatic carbocycles. The predicted molar refractivity (Wildman–Crippen MR) is 74.4 cm³/mol. The average molecular weight is 230 g/mol. The van der Waals surface area contributed by atoms with E-state index in [0.29, 0.717) is 5.92 Å². The molecule has 2 rings (SSSR count). The Balaban J connectivity index is 1.92. The molecular formula is C15H22N2. The number of para-hydroxylation sites is 1. The van der Waals surface area contributed by atoms with Gasteiger partial charge in [-0.25, -0.2) is 0 Å². The van der Waals surface area contributed by atoms with Gasteiger partial charge in [0.1, 0.15) is 0 Å². The number of rotatable bonds is 4. The van der Waals surface area contributed by atoms with Crippen molar-refractivity contribution in [3.63, 3.8) is 0 Å². The van der Waals surface area contributed by atoms with Gasteiger partial charge in [-0.1, -0.05) is 30.4 Å². The van der Waals surface area contributed by atoms with Crippen LogP contribution < -0.4 is 5.32 Å². The van der Waals surface area contributed by atoms with Gasteiger partial charge >= 0.3 is 0 Å². The molecule has 0 radical (unpaired) electrons. The van der Waals surface area contributed by atoms with E-state index in [1.807, 2.05) is 0 Å². The zero-order valence-corrected chi connectivity index (χ0v) is 10.9. The largest absolute Gasteiger partial charge is 0.384 e. The minimum Gasteiger partial charge on any atom is -0.384 e. The second-order valence-corrected chi connectivity index (χ2v) is 5.26. The van der Waals surface area contributed by atoms with Gasteiger partial charge in [0.05, 0.1) is 0 Å². The first kappa shape index (κ1) is 12.2. The van der Waals surface area contributed by atoms with Crippen LogP contribution in [0.25, 0.3) is 0 Å². The first-order valence-electron chi connectivity index (χ1n) is 6.30. The third-order valence-corrected chi connectivity index (χ3v) is 3.22. The van der Waals surface area contributed by atoms with Crippen LogP contribution in [0.15, 0.2) is 36.4 Å². The first-order valence-corrected chi connectivity index (χ1v) is 6.30. The van der Waals surface area contributed by atoms with Gasteiger partial charge in [-0.2, -0.15) is 0 Å². The number of nitrogens with one attached hydrogen (secondary N) is 1. The van der Waals surface area contributed by atoms with E-state index in [9.17, 15) is 0 Å². The summed E-state index contributed by atoms with van der Waals surface area (Å²) in [5.41, 5.74) is 4.00. The number of likely N-dealkylation sites (N-methyl/N-ethyl adjacent to an activating group) is 1. The van der Waals surface area contributed by atoms with Gasteiger partial charge in [-0.05, 0) is 37.9 Å². The molecule has 1 aromatic rings. The minimum atomic E-state index is 0.703. The Morgan fingerprint density at radius 3 is 3.00 bits per heavy atom. The standard InChI is InChI=1S/C15H22N2/c1-12(2)10-17(3)11-13-8-14-6-4-5-7-15(14)16-9-13/h4-7,13,16H,1,8-11H2,2-3H3. The normalized spacial score (nSPS) is 18.6. The summed E-state index contributed by atoms with van der Waals surface area (Å²) in [5.74, 6) is 0.703. The van der Waals surface area contributed by atoms with E-state index < -0.39 is 0 Å². The third-order valence-electron chi connectivity index (χ3n) is 3.22. The molecule has 0 amide bonds. The van der Waals surface area contributed by atoms with Crippen molar-refractivity contribution in [2.75, 3.05) is 32.0 Å². The van der Waals surface area contributed by atoms with E-state index in [2.05, 4.69) is 55.0 Å². The molecule has 0 bridgehead atoms. The fourth-order valence-electron chi connectivity index (χ4n) is 2.60. The van der Waals surface area contributed by atoms with Crippen molar-refractivity contribution in [1.82, 2.24) is 4.90 Å². The molecule has 0 spiro atoms. The number of nitrogens with zero attached hydrogens (tertiary/aromatic N) is 1. The highest BCUT2D eigenvalue weighted by Gasteiger charge is 2.18. The van der Waals surface area contributed by atoms with E-state index in [1.165, 1.54) is 23.2 Å². The van der Waals surface area contributed by atoms with E-state index in [4.69, 9.17) is 0 Å². The van der Waals surface area contributed by atoms with Crippen LogP contribution in [0.4, 0.5) is 5.69 Å². The minimum absolute atomic E-state index is 0.703. The molecule has 1 heterocycles. The van der Waals surface area contributed by atoms with Gasteiger partial charge in [-0.3, -0.25) is 0 Å². The Hall–Kier alpha value is -1.28. The van der Waals surface area contributed by atoms with Crippen molar-refractivity contribution in [3.8, 4) is 0 Å². The smallest absolute Gasteiger partial charge is 0.0372 e. The average Bonchev–Trinajstić information content (AvgIpc) is 2.27. The maximum atomic E-state index is 3.97. The summed E-state index contributed by atoms with van der Waals surface area (Å²) < 4.78 is 0. The first-order chi connectivity index (χ1) is 8.15. The second-order valence-electron chi connectivity index (χ2n) is 5.26. The highest BCUT2D eigenvalue weighted by molar-refractivity contribution is 5.53. The molecule has 1 aliphatic heterocycles. The van der Waals surface area contributed by atoms with Gasteiger partial charge in [0.2, 0.25) is 0 Å². The molecule has 0 saturated heterocycles. The van der Waals surface area contributed by atoms with E-state index in [0.717, 1.165) is 19.6 Å². The number of hydrogen-bond donors (Lipinski definition) is 1. The molecule has 1 aromatic carbocycles. The summed E-state index contributed by atoms with van der Waals surface area (Å²) in [7, 11) is 2.18. The zero-order valence-electron chi connectivity index (χ0n) is 10.9. The number of hydrogen-bond acceptors (Lipinski definition) is 2. The summed E-state index contributed by atoms with van der Waals surface area (Å²) in [6.45, 7) is 9.27. The maximum absolute atomic E-state index is 3.97. The molecule has 2 heteroatoms. The fourth-order valence-corrected chi connectivity index (χ4v) is 2.60. The monoisotopic (exact) mass is 230 g/mol. The van der Waals surface area contributed by atoms with Crippen LogP contribution in [0.5, 0.6) is 0 Å². The molecule has 0 fully saturated rings. The SMILES string of the molecule is C=C(C)CN(C)CC1CNc2ccccc2C1. The second kappa shape index (κ2) is 5.37. The Morgan fingerprint density at radius 1 is 1.47 bits per heavy atom. The molecular weight excluding hydrogens is 208 g/mol. The van der Waals surface area contributed by atoms with Crippen LogP contribution in [0.1, 0.15) is 12.5 Å². The molecule has 0 saturated carbocycles. The molecule has 1 aliphatic rings. The van der Waals surface area contributed by atoms with Crippen LogP contribution in [0.3, 0.4) is 0 Å². The quantitative estimate of drug-likeness (QED) is 0.800. The van der Waals surface area contributed by atoms with Gasteiger partial charge in [0.25, 0.3) is 0 Å². The summed E-state index contributed by atoms with van der Waals surface area (Å²) in [4.78, 5) is 2.36. The third kappa shape index (κ3) is 3.34. The van der Waals surface area contributed by atoms with Crippen molar-refractivity contribution in [1.29, 1.82) is 0 Å². The van der Waals surface area contributed by atoms with Crippen LogP contribution in [-0.4, -0.2) is 31.6 Å². The van der Waals surface area contributed by atoms with Gasteiger partial charge < -0.3 is 10.2 Å². The Morgan fingerprint density at radius 2 is 2.24 bits per heavy atom. The zero-order chi connectivity index (χ0) is 12.3. The van der Waals surface area contributed by atoms with Crippen molar-refractivity contribution in [2.45, 2.75) is 13.3 Å². The highest BCUT2D eigenvalue weighted by atomic mass is 15.1. The summed E-state index contributed by atoms with van der Waals surface area (Å²) in [6, 6.07) is 8.62. The summed E-state index contributed by atoms with van der Waals surface area (Å²) >= 11 is 0. The molecule has 2 nitrogen and oxygen atoms in total. The van der Waals surface area contributed by atoms with Crippen molar-refractivity contribution < 1.29 is 0 Å². The number of benzene rings is 1. The molecule has 1 N–H and O–H groups in total. The Bertz CT molecular complexity index is 398. The maximum Gasteiger partial charge on any atom is 0.0372 e. The number of anilines is 1. The van der Waals surface area contributed by atoms with E-state index in [-0.39, 0.29) is 0 Å². The topological polar surface area (TPSA) is 15.3 Å². The lowest BCUT2D eigenvalue weighted by Crippen LogP contribution is -2.34. The van der Waals surface area contributed by atoms with E-state index in [1.54, 1.807) is 0 Å². The van der Waals surface area contributed by atoms with Gasteiger partial charge in [0, 0.05) is 25.3 Å². The highest BCUT2D eigenvalue weighted by Crippen LogP contribution is 2.24. The fraction of sp³-hybridized carbons (Fsp3) is 0.467. The molecule has 1 unspecified atom stereocenters. The number of fused-ring (bicyclic) bond motifs is 1. The van der Waals surface area contributed by atoms with Crippen molar-refractivity contribution in [3.05, 3.63) is 42.0 Å². The van der Waals surface area contributed by atoms with Crippen LogP contribution in [0, 0.1) is 5.92 Å². The van der Waals surface area contributed by atoms with Crippen molar-refractivity contribution in [2.24, 2.45) is 5.92 Å². The van der Waals surface area contributed by atoms with Crippen LogP contribution in [0.2, 0.25) is 0 Å². The lowest BCUT2D eigenvalue weighted by Gasteiger charge is -2.29. The van der Waals surface area contributed by atoms with Gasteiger partial charge in [0.15, 0.2) is 0 Å². The van der Waals surface area contributed by atoms with E-state index >= 15 is 0 Å². The molecule has 17 heavy (non-hydrogen) atoms. The summed E-state index contributed by atoms with van der Waals surface area (Å²) in [5, 5.41) is 3.52. The van der Waals surface area contributed by atoms with Crippen molar-refractivity contribution >= 4 is 5.69 Å². The molecule has 1 atom stereocenters. The van der Waals surface area contributed by atoms with Crippen LogP contribution >= 0.6 is 0 Å². The van der Waals surface area contributed by atoms with Gasteiger partial charge in [-0.15, -0.1) is 0 Å². The van der Waals surface area contributed by atoms with Crippen LogP contribution in [-0.2, 0) is 6.42 Å². The lowest BCUT2D eigenvalue weighted by molar-refractivity contribution is 0.298. The Kier molecular flexibility index (Phi) is 3.85.